The fraction of sp³-hybridized carbons (Fsp3) is 0.522. The molecule has 23 heteroatoms. The molecule has 6 heterocycles. The Bertz CT molecular complexity index is 3690. The zero-order valence-electron chi connectivity index (χ0n) is 54.2. The van der Waals surface area contributed by atoms with E-state index in [-0.39, 0.29) is 79.8 Å². The average molecular weight is 1260 g/mol. The summed E-state index contributed by atoms with van der Waals surface area (Å²) in [6.45, 7) is 20.7. The number of nitrogens with zero attached hydrogens (tertiary/aromatic N) is 9. The van der Waals surface area contributed by atoms with Gasteiger partial charge in [-0.2, -0.15) is 0 Å². The molecule has 0 aliphatic carbocycles. The van der Waals surface area contributed by atoms with Crippen LogP contribution in [0.25, 0.3) is 32.7 Å². The van der Waals surface area contributed by atoms with Crippen molar-refractivity contribution in [1.29, 1.82) is 0 Å². The lowest BCUT2D eigenvalue weighted by atomic mass is 10.1. The van der Waals surface area contributed by atoms with Crippen LogP contribution in [0.3, 0.4) is 0 Å². The standard InChI is InChI=1S/C67H88N9O13P/c1-12-38-88-90(76(43(5)6)44(7)8)89-39-22-18-19-23-61(78)70-35-30-46-50-41-59(74(66(83)86-14-3)56(50)27-24-52(46)70)63(80)72-37-32-48-51-42-60(75(67(84)87-15-4)57(51)29-26-54(48)72)64(81)71-36-31-47-49-40-58(73(65(82)85-13-2)55(49)28-25-53(47)71)62(79)69(11)34-21-17-16-20-33-68(10)45(9)77/h24-29,40-44H,12-23,30-39H2,1-11H3. The van der Waals surface area contributed by atoms with Crippen molar-refractivity contribution in [3.8, 4) is 0 Å². The van der Waals surface area contributed by atoms with E-state index in [1.54, 1.807) is 115 Å². The number of amides is 5. The van der Waals surface area contributed by atoms with Crippen LogP contribution in [0.2, 0.25) is 0 Å². The van der Waals surface area contributed by atoms with Gasteiger partial charge >= 0.3 is 18.3 Å². The topological polar surface area (TPSA) is 217 Å². The van der Waals surface area contributed by atoms with E-state index >= 15 is 9.59 Å². The van der Waals surface area contributed by atoms with Crippen molar-refractivity contribution in [2.75, 3.05) is 94.6 Å². The van der Waals surface area contributed by atoms with Gasteiger partial charge in [-0.3, -0.25) is 24.0 Å². The van der Waals surface area contributed by atoms with Crippen LogP contribution in [0.1, 0.15) is 168 Å². The molecule has 3 aromatic carbocycles. The van der Waals surface area contributed by atoms with Gasteiger partial charge in [-0.15, -0.1) is 0 Å². The van der Waals surface area contributed by atoms with Crippen molar-refractivity contribution in [2.24, 2.45) is 0 Å². The largest absolute Gasteiger partial charge is 0.449 e. The molecule has 5 amide bonds. The summed E-state index contributed by atoms with van der Waals surface area (Å²) in [4.78, 5) is 120. The lowest BCUT2D eigenvalue weighted by Gasteiger charge is -2.35. The van der Waals surface area contributed by atoms with Gasteiger partial charge in [0.05, 0.1) is 49.6 Å². The zero-order valence-corrected chi connectivity index (χ0v) is 55.1. The number of hydrogen-bond donors (Lipinski definition) is 0. The molecule has 484 valence electrons. The normalized spacial score (nSPS) is 13.9. The van der Waals surface area contributed by atoms with Crippen LogP contribution in [0.15, 0.2) is 54.6 Å². The first kappa shape index (κ1) is 66.8. The number of aromatic nitrogens is 3. The van der Waals surface area contributed by atoms with Gasteiger partial charge < -0.3 is 47.8 Å². The minimum atomic E-state index is -1.19. The van der Waals surface area contributed by atoms with E-state index in [1.807, 2.05) is 6.07 Å². The maximum atomic E-state index is 15.1. The molecule has 1 unspecified atom stereocenters. The van der Waals surface area contributed by atoms with Crippen molar-refractivity contribution in [1.82, 2.24) is 28.2 Å². The molecule has 0 radical (unpaired) electrons. The van der Waals surface area contributed by atoms with E-state index in [2.05, 4.69) is 39.3 Å². The summed E-state index contributed by atoms with van der Waals surface area (Å²) in [6, 6.07) is 16.1. The molecule has 22 nitrogen and oxygen atoms in total. The molecule has 0 bridgehead atoms. The van der Waals surface area contributed by atoms with Crippen LogP contribution in [-0.2, 0) is 52.1 Å². The first-order valence-corrected chi connectivity index (χ1v) is 33.2. The van der Waals surface area contributed by atoms with Gasteiger partial charge in [-0.05, 0) is 171 Å². The molecule has 0 saturated heterocycles. The summed E-state index contributed by atoms with van der Waals surface area (Å²) in [5.74, 6) is -1.29. The fourth-order valence-corrected chi connectivity index (χ4v) is 14.5. The third kappa shape index (κ3) is 13.5. The summed E-state index contributed by atoms with van der Waals surface area (Å²) in [5.41, 5.74) is 5.78. The third-order valence-electron chi connectivity index (χ3n) is 17.2. The number of carbonyl (C=O) groups is 8. The minimum Gasteiger partial charge on any atom is -0.449 e. The Morgan fingerprint density at radius 3 is 1.33 bits per heavy atom. The predicted molar refractivity (Wildman–Crippen MR) is 348 cm³/mol. The van der Waals surface area contributed by atoms with E-state index < -0.39 is 38.6 Å². The monoisotopic (exact) mass is 1260 g/mol. The van der Waals surface area contributed by atoms with Gasteiger partial charge in [0, 0.05) is 105 Å². The molecule has 6 aromatic rings. The number of hydrogen-bond acceptors (Lipinski definition) is 14. The van der Waals surface area contributed by atoms with E-state index in [1.165, 1.54) is 13.7 Å². The lowest BCUT2D eigenvalue weighted by molar-refractivity contribution is -0.127. The Morgan fingerprint density at radius 2 is 0.900 bits per heavy atom. The van der Waals surface area contributed by atoms with Gasteiger partial charge in [-0.1, -0.05) is 26.2 Å². The Hall–Kier alpha value is -7.65. The summed E-state index contributed by atoms with van der Waals surface area (Å²) < 4.78 is 35.3. The van der Waals surface area contributed by atoms with Crippen molar-refractivity contribution in [2.45, 2.75) is 151 Å². The molecule has 1 atom stereocenters. The minimum absolute atomic E-state index is 0.00393. The summed E-state index contributed by atoms with van der Waals surface area (Å²) in [5, 5.41) is 1.86. The maximum Gasteiger partial charge on any atom is 0.419 e. The molecular weight excluding hydrogens is 1170 g/mol. The van der Waals surface area contributed by atoms with Crippen molar-refractivity contribution in [3.05, 3.63) is 88.4 Å². The van der Waals surface area contributed by atoms with Crippen molar-refractivity contribution >= 4 is 106 Å². The highest BCUT2D eigenvalue weighted by atomic mass is 31.2. The second kappa shape index (κ2) is 29.5. The average Bonchev–Trinajstić information content (AvgIpc) is 1.94. The Morgan fingerprint density at radius 1 is 0.500 bits per heavy atom. The molecule has 3 aromatic heterocycles. The smallest absolute Gasteiger partial charge is 0.419 e. The lowest BCUT2D eigenvalue weighted by Crippen LogP contribution is -2.33. The molecule has 90 heavy (non-hydrogen) atoms. The van der Waals surface area contributed by atoms with Crippen LogP contribution in [0.4, 0.5) is 31.4 Å². The number of ether oxygens (including phenoxy) is 3. The third-order valence-corrected chi connectivity index (χ3v) is 19.3. The summed E-state index contributed by atoms with van der Waals surface area (Å²) in [7, 11) is 2.28. The van der Waals surface area contributed by atoms with Crippen molar-refractivity contribution < 1.29 is 61.6 Å². The first-order chi connectivity index (χ1) is 43.3. The zero-order chi connectivity index (χ0) is 64.7. The second-order valence-electron chi connectivity index (χ2n) is 23.8. The van der Waals surface area contributed by atoms with Gasteiger partial charge in [0.15, 0.2) is 0 Å². The highest BCUT2D eigenvalue weighted by Gasteiger charge is 2.38. The highest BCUT2D eigenvalue weighted by molar-refractivity contribution is 7.44. The fourth-order valence-electron chi connectivity index (χ4n) is 12.8. The van der Waals surface area contributed by atoms with Crippen LogP contribution >= 0.6 is 8.53 Å². The molecule has 0 N–H and O–H groups in total. The molecule has 0 fully saturated rings. The number of fused-ring (bicyclic) bond motifs is 9. The molecular formula is C67H88N9O13P. The molecule has 9 rings (SSSR count). The number of benzene rings is 3. The Labute approximate surface area is 528 Å². The summed E-state index contributed by atoms with van der Waals surface area (Å²) in [6.07, 6.45) is 5.98. The van der Waals surface area contributed by atoms with E-state index in [9.17, 15) is 28.8 Å². The first-order valence-electron chi connectivity index (χ1n) is 32.1. The van der Waals surface area contributed by atoms with E-state index in [0.29, 0.717) is 109 Å². The number of carbonyl (C=O) groups excluding carboxylic acids is 8. The molecule has 3 aliphatic heterocycles. The SMILES string of the molecule is CCCOP(OCCCCCC(=O)N1CCc2c1ccc1c2cc(C(=O)N2CCc3c2ccc2c3cc(C(=O)N3CCc4c3ccc3c4cc(C(=O)N(C)CCCCCCN(C)C(C)=O)n3C(=O)OCC)n2C(=O)OCC)n1C(=O)OCC)N(C(C)C)C(C)C. The molecule has 0 spiro atoms. The molecule has 3 aliphatic rings. The van der Waals surface area contributed by atoms with Crippen LogP contribution in [0, 0.1) is 0 Å². The Balaban J connectivity index is 0.948. The maximum absolute atomic E-state index is 15.1. The van der Waals surface area contributed by atoms with E-state index in [0.717, 1.165) is 67.3 Å². The van der Waals surface area contributed by atoms with Crippen LogP contribution < -0.4 is 14.7 Å². The van der Waals surface area contributed by atoms with Crippen LogP contribution in [-0.4, -0.2) is 168 Å². The Kier molecular flexibility index (Phi) is 21.9. The van der Waals surface area contributed by atoms with Gasteiger partial charge in [-0.25, -0.2) is 32.8 Å². The van der Waals surface area contributed by atoms with Gasteiger partial charge in [0.25, 0.3) is 26.2 Å². The van der Waals surface area contributed by atoms with Gasteiger partial charge in [0.2, 0.25) is 11.8 Å². The molecule has 0 saturated carbocycles. The van der Waals surface area contributed by atoms with Gasteiger partial charge in [0.1, 0.15) is 17.1 Å². The highest BCUT2D eigenvalue weighted by Crippen LogP contribution is 2.47. The van der Waals surface area contributed by atoms with E-state index in [4.69, 9.17) is 23.3 Å². The predicted octanol–water partition coefficient (Wildman–Crippen LogP) is 12.3. The summed E-state index contributed by atoms with van der Waals surface area (Å²) >= 11 is 0. The second-order valence-corrected chi connectivity index (χ2v) is 25.2. The quantitative estimate of drug-likeness (QED) is 0.0280. The number of unbranched alkanes of at least 4 members (excludes halogenated alkanes) is 5. The van der Waals surface area contributed by atoms with Crippen molar-refractivity contribution in [3.63, 3.8) is 0 Å². The number of rotatable bonds is 26. The number of anilines is 3. The van der Waals surface area contributed by atoms with Crippen LogP contribution in [0.5, 0.6) is 0 Å².